The highest BCUT2D eigenvalue weighted by atomic mass is 35.5. The van der Waals surface area contributed by atoms with Crippen LogP contribution in [0.4, 0.5) is 0 Å². The van der Waals surface area contributed by atoms with Gasteiger partial charge in [0, 0.05) is 19.7 Å². The molecule has 0 spiro atoms. The number of ether oxygens (including phenoxy) is 1. The van der Waals surface area contributed by atoms with Crippen LogP contribution < -0.4 is 10.1 Å². The third-order valence-electron chi connectivity index (χ3n) is 2.51. The number of pyridine rings is 1. The number of hydrogen-bond acceptors (Lipinski definition) is 5. The zero-order chi connectivity index (χ0) is 14.5. The summed E-state index contributed by atoms with van der Waals surface area (Å²) in [4.78, 5) is 8.36. The van der Waals surface area contributed by atoms with Gasteiger partial charge in [-0.2, -0.15) is 4.98 Å². The second kappa shape index (κ2) is 6.67. The molecular formula is C13H18ClN5O. The van der Waals surface area contributed by atoms with Crippen molar-refractivity contribution in [1.29, 1.82) is 0 Å². The Kier molecular flexibility index (Phi) is 4.92. The first-order chi connectivity index (χ1) is 9.54. The molecule has 0 atom stereocenters. The van der Waals surface area contributed by atoms with Gasteiger partial charge in [-0.05, 0) is 18.5 Å². The Morgan fingerprint density at radius 3 is 2.85 bits per heavy atom. The van der Waals surface area contributed by atoms with Crippen LogP contribution in [-0.2, 0) is 13.6 Å². The van der Waals surface area contributed by atoms with Gasteiger partial charge in [0.2, 0.25) is 5.88 Å². The molecule has 0 fully saturated rings. The molecule has 108 valence electrons. The second-order valence-electron chi connectivity index (χ2n) is 4.91. The number of aromatic nitrogens is 4. The van der Waals surface area contributed by atoms with Crippen LogP contribution >= 0.6 is 11.6 Å². The molecule has 1 N–H and O–H groups in total. The molecule has 2 aromatic rings. The van der Waals surface area contributed by atoms with Gasteiger partial charge in [0.15, 0.2) is 0 Å². The quantitative estimate of drug-likeness (QED) is 0.886. The number of nitrogens with one attached hydrogen (secondary N) is 1. The Bertz CT molecular complexity index is 570. The maximum absolute atomic E-state index is 6.13. The van der Waals surface area contributed by atoms with Crippen molar-refractivity contribution in [1.82, 2.24) is 25.1 Å². The van der Waals surface area contributed by atoms with Crippen LogP contribution in [-0.4, -0.2) is 26.3 Å². The summed E-state index contributed by atoms with van der Waals surface area (Å²) in [6.45, 7) is 5.80. The number of halogens is 1. The summed E-state index contributed by atoms with van der Waals surface area (Å²) in [5.74, 6) is 1.01. The molecule has 2 heterocycles. The highest BCUT2D eigenvalue weighted by Gasteiger charge is 2.08. The van der Waals surface area contributed by atoms with Gasteiger partial charge in [0.05, 0.1) is 10.7 Å². The van der Waals surface area contributed by atoms with Crippen LogP contribution in [0, 0.1) is 5.92 Å². The largest absolute Gasteiger partial charge is 0.404 e. The summed E-state index contributed by atoms with van der Waals surface area (Å²) in [6, 6.07) is 3.73. The van der Waals surface area contributed by atoms with Crippen molar-refractivity contribution in [2.45, 2.75) is 20.4 Å². The monoisotopic (exact) mass is 295 g/mol. The molecule has 2 aromatic heterocycles. The lowest BCUT2D eigenvalue weighted by atomic mass is 10.2. The van der Waals surface area contributed by atoms with Crippen molar-refractivity contribution in [3.63, 3.8) is 0 Å². The second-order valence-corrected chi connectivity index (χ2v) is 5.31. The minimum Gasteiger partial charge on any atom is -0.404 e. The van der Waals surface area contributed by atoms with Crippen LogP contribution in [0.1, 0.15) is 19.5 Å². The van der Waals surface area contributed by atoms with E-state index in [9.17, 15) is 0 Å². The standard InChI is InChI=1S/C13H18ClN5O/c1-9(2)6-15-7-11-10(14)4-5-12(17-11)20-13-16-8-19(3)18-13/h4-5,8-9,15H,6-7H2,1-3H3. The number of rotatable bonds is 6. The zero-order valence-corrected chi connectivity index (χ0v) is 12.6. The molecule has 0 aromatic carbocycles. The summed E-state index contributed by atoms with van der Waals surface area (Å²) in [6.07, 6.45) is 1.57. The van der Waals surface area contributed by atoms with Crippen molar-refractivity contribution in [3.05, 3.63) is 29.2 Å². The molecule has 0 bridgehead atoms. The highest BCUT2D eigenvalue weighted by molar-refractivity contribution is 6.31. The van der Waals surface area contributed by atoms with E-state index >= 15 is 0 Å². The summed E-state index contributed by atoms with van der Waals surface area (Å²) in [5.41, 5.74) is 0.751. The normalized spacial score (nSPS) is 11.1. The van der Waals surface area contributed by atoms with E-state index in [1.165, 1.54) is 0 Å². The molecular weight excluding hydrogens is 278 g/mol. The molecule has 0 aliphatic carbocycles. The third-order valence-corrected chi connectivity index (χ3v) is 2.86. The van der Waals surface area contributed by atoms with E-state index in [4.69, 9.17) is 16.3 Å². The topological polar surface area (TPSA) is 64.9 Å². The SMILES string of the molecule is CC(C)CNCc1nc(Oc2ncn(C)n2)ccc1Cl. The van der Waals surface area contributed by atoms with Gasteiger partial charge in [-0.25, -0.2) is 4.98 Å². The van der Waals surface area contributed by atoms with Gasteiger partial charge in [-0.15, -0.1) is 5.10 Å². The lowest BCUT2D eigenvalue weighted by molar-refractivity contribution is 0.420. The molecule has 0 saturated carbocycles. The Morgan fingerprint density at radius 2 is 2.20 bits per heavy atom. The maximum atomic E-state index is 6.13. The summed E-state index contributed by atoms with van der Waals surface area (Å²) in [7, 11) is 1.77. The smallest absolute Gasteiger partial charge is 0.342 e. The average molecular weight is 296 g/mol. The Labute approximate surface area is 123 Å². The van der Waals surface area contributed by atoms with Gasteiger partial charge < -0.3 is 10.1 Å². The van der Waals surface area contributed by atoms with Gasteiger partial charge >= 0.3 is 6.01 Å². The Balaban J connectivity index is 2.03. The predicted octanol–water partition coefficient (Wildman–Crippen LogP) is 2.40. The first-order valence-corrected chi connectivity index (χ1v) is 6.82. The lowest BCUT2D eigenvalue weighted by Crippen LogP contribution is -2.19. The first kappa shape index (κ1) is 14.7. The van der Waals surface area contributed by atoms with Gasteiger partial charge in [-0.3, -0.25) is 4.68 Å². The highest BCUT2D eigenvalue weighted by Crippen LogP contribution is 2.20. The van der Waals surface area contributed by atoms with Crippen molar-refractivity contribution in [2.24, 2.45) is 13.0 Å². The predicted molar refractivity (Wildman–Crippen MR) is 76.9 cm³/mol. The summed E-state index contributed by atoms with van der Waals surface area (Å²) >= 11 is 6.13. The van der Waals surface area contributed by atoms with Crippen LogP contribution in [0.15, 0.2) is 18.5 Å². The lowest BCUT2D eigenvalue weighted by Gasteiger charge is -2.09. The van der Waals surface area contributed by atoms with Gasteiger partial charge in [0.1, 0.15) is 6.33 Å². The molecule has 0 amide bonds. The van der Waals surface area contributed by atoms with E-state index in [2.05, 4.69) is 34.2 Å². The number of aryl methyl sites for hydroxylation is 1. The van der Waals surface area contributed by atoms with Crippen molar-refractivity contribution in [3.8, 4) is 11.9 Å². The average Bonchev–Trinajstić information content (AvgIpc) is 2.78. The molecule has 20 heavy (non-hydrogen) atoms. The first-order valence-electron chi connectivity index (χ1n) is 6.44. The molecule has 6 nitrogen and oxygen atoms in total. The Morgan fingerprint density at radius 1 is 1.40 bits per heavy atom. The van der Waals surface area contributed by atoms with E-state index in [-0.39, 0.29) is 6.01 Å². The van der Waals surface area contributed by atoms with Crippen LogP contribution in [0.2, 0.25) is 5.02 Å². The van der Waals surface area contributed by atoms with E-state index < -0.39 is 0 Å². The van der Waals surface area contributed by atoms with Crippen molar-refractivity contribution in [2.75, 3.05) is 6.54 Å². The fourth-order valence-electron chi connectivity index (χ4n) is 1.58. The third kappa shape index (κ3) is 4.18. The van der Waals surface area contributed by atoms with E-state index in [1.54, 1.807) is 30.2 Å². The molecule has 0 aliphatic heterocycles. The Hall–Kier alpha value is -1.66. The molecule has 7 heteroatoms. The summed E-state index contributed by atoms with van der Waals surface area (Å²) in [5, 5.41) is 7.95. The molecule has 0 saturated heterocycles. The fourth-order valence-corrected chi connectivity index (χ4v) is 1.76. The van der Waals surface area contributed by atoms with Crippen molar-refractivity contribution < 1.29 is 4.74 Å². The van der Waals surface area contributed by atoms with Crippen molar-refractivity contribution >= 4 is 11.6 Å². The van der Waals surface area contributed by atoms with Crippen LogP contribution in [0.25, 0.3) is 0 Å². The molecule has 0 aliphatic rings. The summed E-state index contributed by atoms with van der Waals surface area (Å²) < 4.78 is 7.05. The zero-order valence-electron chi connectivity index (χ0n) is 11.8. The molecule has 0 radical (unpaired) electrons. The van der Waals surface area contributed by atoms with E-state index in [1.807, 2.05) is 0 Å². The maximum Gasteiger partial charge on any atom is 0.342 e. The minimum absolute atomic E-state index is 0.267. The van der Waals surface area contributed by atoms with Crippen LogP contribution in [0.3, 0.4) is 0 Å². The fraction of sp³-hybridized carbons (Fsp3) is 0.462. The van der Waals surface area contributed by atoms with E-state index in [0.29, 0.717) is 23.4 Å². The van der Waals surface area contributed by atoms with Gasteiger partial charge in [-0.1, -0.05) is 25.4 Å². The number of hydrogen-bond donors (Lipinski definition) is 1. The number of nitrogens with zero attached hydrogens (tertiary/aromatic N) is 4. The minimum atomic E-state index is 0.267. The molecule has 0 unspecified atom stereocenters. The van der Waals surface area contributed by atoms with Gasteiger partial charge in [0.25, 0.3) is 0 Å². The molecule has 2 rings (SSSR count). The van der Waals surface area contributed by atoms with E-state index in [0.717, 1.165) is 12.2 Å². The van der Waals surface area contributed by atoms with Crippen LogP contribution in [0.5, 0.6) is 11.9 Å².